The number of amides is 1. The first-order valence-corrected chi connectivity index (χ1v) is 9.91. The van der Waals surface area contributed by atoms with Crippen LogP contribution in [-0.4, -0.2) is 30.4 Å². The Hall–Kier alpha value is -1.84. The molecule has 2 aromatic carbocycles. The molecular formula is C22H27ClN2O. The van der Waals surface area contributed by atoms with Crippen LogP contribution in [0.4, 0.5) is 0 Å². The summed E-state index contributed by atoms with van der Waals surface area (Å²) < 4.78 is 0. The van der Waals surface area contributed by atoms with Gasteiger partial charge in [0.05, 0.1) is 12.5 Å². The van der Waals surface area contributed by atoms with Crippen molar-refractivity contribution in [3.8, 4) is 0 Å². The second-order valence-electron chi connectivity index (χ2n) is 6.95. The maximum atomic E-state index is 12.4. The molecular weight excluding hydrogens is 344 g/mol. The van der Waals surface area contributed by atoms with E-state index in [1.807, 2.05) is 48.5 Å². The molecule has 1 aliphatic heterocycles. The molecule has 0 saturated carbocycles. The lowest BCUT2D eigenvalue weighted by Crippen LogP contribution is -2.39. The van der Waals surface area contributed by atoms with E-state index in [0.717, 1.165) is 29.2 Å². The van der Waals surface area contributed by atoms with Gasteiger partial charge < -0.3 is 5.32 Å². The van der Waals surface area contributed by atoms with Gasteiger partial charge in [-0.1, -0.05) is 73.0 Å². The molecule has 0 bridgehead atoms. The van der Waals surface area contributed by atoms with Gasteiger partial charge >= 0.3 is 0 Å². The normalized spacial score (nSPS) is 16.7. The highest BCUT2D eigenvalue weighted by Crippen LogP contribution is 2.29. The van der Waals surface area contributed by atoms with E-state index in [9.17, 15) is 4.79 Å². The molecule has 1 atom stereocenters. The van der Waals surface area contributed by atoms with Gasteiger partial charge in [-0.2, -0.15) is 0 Å². The Bertz CT molecular complexity index is 696. The molecule has 1 amide bonds. The van der Waals surface area contributed by atoms with Crippen LogP contribution in [-0.2, 0) is 11.2 Å². The van der Waals surface area contributed by atoms with Gasteiger partial charge in [0.1, 0.15) is 0 Å². The van der Waals surface area contributed by atoms with Gasteiger partial charge in [-0.3, -0.25) is 9.69 Å². The molecule has 0 aromatic heterocycles. The number of halogens is 1. The first-order valence-electron chi connectivity index (χ1n) is 9.53. The summed E-state index contributed by atoms with van der Waals surface area (Å²) in [6.45, 7) is 2.71. The molecule has 0 aliphatic carbocycles. The predicted molar refractivity (Wildman–Crippen MR) is 107 cm³/mol. The van der Waals surface area contributed by atoms with Crippen LogP contribution >= 0.6 is 11.6 Å². The average Bonchev–Trinajstić information content (AvgIpc) is 2.93. The van der Waals surface area contributed by atoms with Crippen molar-refractivity contribution >= 4 is 17.5 Å². The summed E-state index contributed by atoms with van der Waals surface area (Å²) in [7, 11) is 0. The third-order valence-corrected chi connectivity index (χ3v) is 5.39. The Kier molecular flexibility index (Phi) is 7.10. The van der Waals surface area contributed by atoms with Crippen molar-refractivity contribution in [2.75, 3.05) is 19.6 Å². The maximum absolute atomic E-state index is 12.4. The number of hydrogen-bond acceptors (Lipinski definition) is 2. The van der Waals surface area contributed by atoms with Crippen molar-refractivity contribution in [3.05, 3.63) is 70.7 Å². The lowest BCUT2D eigenvalue weighted by atomic mass is 10.0. The van der Waals surface area contributed by atoms with E-state index in [4.69, 9.17) is 11.6 Å². The molecule has 26 heavy (non-hydrogen) atoms. The summed E-state index contributed by atoms with van der Waals surface area (Å²) in [6, 6.07) is 18.0. The number of nitrogens with one attached hydrogen (secondary N) is 1. The topological polar surface area (TPSA) is 32.3 Å². The Morgan fingerprint density at radius 3 is 2.31 bits per heavy atom. The van der Waals surface area contributed by atoms with E-state index in [2.05, 4.69) is 16.3 Å². The lowest BCUT2D eigenvalue weighted by molar-refractivity contribution is -0.120. The van der Waals surface area contributed by atoms with Gasteiger partial charge in [0.2, 0.25) is 5.91 Å². The molecule has 1 saturated heterocycles. The Morgan fingerprint density at radius 1 is 0.962 bits per heavy atom. The monoisotopic (exact) mass is 370 g/mol. The third-order valence-electron chi connectivity index (χ3n) is 5.05. The number of carbonyl (C=O) groups excluding carboxylic acids is 1. The number of likely N-dealkylation sites (tertiary alicyclic amines) is 1. The molecule has 3 rings (SSSR count). The Balaban J connectivity index is 1.69. The number of rotatable bonds is 6. The second kappa shape index (κ2) is 9.75. The van der Waals surface area contributed by atoms with E-state index in [1.165, 1.54) is 25.7 Å². The highest BCUT2D eigenvalue weighted by Gasteiger charge is 2.23. The summed E-state index contributed by atoms with van der Waals surface area (Å²) in [5.41, 5.74) is 2.14. The molecule has 1 aliphatic rings. The molecule has 1 heterocycles. The molecule has 0 spiro atoms. The molecule has 1 fully saturated rings. The van der Waals surface area contributed by atoms with Crippen LogP contribution < -0.4 is 5.32 Å². The zero-order valence-corrected chi connectivity index (χ0v) is 15.9. The predicted octanol–water partition coefficient (Wildman–Crippen LogP) is 4.62. The minimum Gasteiger partial charge on any atom is -0.354 e. The number of carbonyl (C=O) groups is 1. The molecule has 0 radical (unpaired) electrons. The SMILES string of the molecule is O=C(Cc1ccccc1)NCC(c1ccccc1Cl)N1CCCCCC1. The Labute approximate surface area is 161 Å². The highest BCUT2D eigenvalue weighted by molar-refractivity contribution is 6.31. The fraction of sp³-hybridized carbons (Fsp3) is 0.409. The van der Waals surface area contributed by atoms with Crippen LogP contribution in [0.3, 0.4) is 0 Å². The van der Waals surface area contributed by atoms with Crippen molar-refractivity contribution in [2.45, 2.75) is 38.1 Å². The van der Waals surface area contributed by atoms with E-state index in [0.29, 0.717) is 13.0 Å². The fourth-order valence-corrected chi connectivity index (χ4v) is 3.90. The summed E-state index contributed by atoms with van der Waals surface area (Å²) in [5, 5.41) is 3.91. The maximum Gasteiger partial charge on any atom is 0.224 e. The van der Waals surface area contributed by atoms with Crippen molar-refractivity contribution in [2.24, 2.45) is 0 Å². The Morgan fingerprint density at radius 2 is 1.62 bits per heavy atom. The van der Waals surface area contributed by atoms with Crippen molar-refractivity contribution < 1.29 is 4.79 Å². The molecule has 1 unspecified atom stereocenters. The highest BCUT2D eigenvalue weighted by atomic mass is 35.5. The molecule has 4 heteroatoms. The molecule has 3 nitrogen and oxygen atoms in total. The summed E-state index contributed by atoms with van der Waals surface area (Å²) in [4.78, 5) is 14.9. The van der Waals surface area contributed by atoms with E-state index in [1.54, 1.807) is 0 Å². The third kappa shape index (κ3) is 5.33. The average molecular weight is 371 g/mol. The van der Waals surface area contributed by atoms with Gasteiger partial charge in [-0.15, -0.1) is 0 Å². The smallest absolute Gasteiger partial charge is 0.224 e. The molecule has 138 valence electrons. The van der Waals surface area contributed by atoms with Crippen LogP contribution in [0.2, 0.25) is 5.02 Å². The molecule has 1 N–H and O–H groups in total. The molecule has 2 aromatic rings. The van der Waals surface area contributed by atoms with Crippen LogP contribution in [0.1, 0.15) is 42.9 Å². The summed E-state index contributed by atoms with van der Waals surface area (Å²) in [5.74, 6) is 0.0584. The van der Waals surface area contributed by atoms with Gasteiger partial charge in [-0.25, -0.2) is 0 Å². The largest absolute Gasteiger partial charge is 0.354 e. The first-order chi connectivity index (χ1) is 12.7. The van der Waals surface area contributed by atoms with Gasteiger partial charge in [-0.05, 0) is 43.1 Å². The van der Waals surface area contributed by atoms with Crippen LogP contribution in [0.25, 0.3) is 0 Å². The minimum atomic E-state index is 0.0584. The standard InChI is InChI=1S/C22H27ClN2O/c23-20-13-7-6-12-19(20)21(25-14-8-1-2-9-15-25)17-24-22(26)16-18-10-4-3-5-11-18/h3-7,10-13,21H,1-2,8-9,14-17H2,(H,24,26). The van der Waals surface area contributed by atoms with Gasteiger partial charge in [0.25, 0.3) is 0 Å². The van der Waals surface area contributed by atoms with Crippen LogP contribution in [0.5, 0.6) is 0 Å². The lowest BCUT2D eigenvalue weighted by Gasteiger charge is -2.31. The number of benzene rings is 2. The second-order valence-corrected chi connectivity index (χ2v) is 7.36. The number of hydrogen-bond donors (Lipinski definition) is 1. The zero-order valence-electron chi connectivity index (χ0n) is 15.2. The fourth-order valence-electron chi connectivity index (χ4n) is 3.64. The van der Waals surface area contributed by atoms with Crippen molar-refractivity contribution in [1.29, 1.82) is 0 Å². The number of nitrogens with zero attached hydrogens (tertiary/aromatic N) is 1. The van der Waals surface area contributed by atoms with Gasteiger partial charge in [0.15, 0.2) is 0 Å². The van der Waals surface area contributed by atoms with Crippen molar-refractivity contribution in [1.82, 2.24) is 10.2 Å². The van der Waals surface area contributed by atoms with E-state index >= 15 is 0 Å². The summed E-state index contributed by atoms with van der Waals surface area (Å²) in [6.07, 6.45) is 5.39. The zero-order chi connectivity index (χ0) is 18.2. The van der Waals surface area contributed by atoms with E-state index < -0.39 is 0 Å². The summed E-state index contributed by atoms with van der Waals surface area (Å²) >= 11 is 6.48. The van der Waals surface area contributed by atoms with Crippen molar-refractivity contribution in [3.63, 3.8) is 0 Å². The van der Waals surface area contributed by atoms with E-state index in [-0.39, 0.29) is 11.9 Å². The van der Waals surface area contributed by atoms with Crippen LogP contribution in [0.15, 0.2) is 54.6 Å². The minimum absolute atomic E-state index is 0.0584. The first kappa shape index (κ1) is 18.9. The van der Waals surface area contributed by atoms with Crippen LogP contribution in [0, 0.1) is 0 Å². The van der Waals surface area contributed by atoms with Gasteiger partial charge in [0, 0.05) is 11.6 Å². The quantitative estimate of drug-likeness (QED) is 0.804.